The first-order chi connectivity index (χ1) is 12.5. The zero-order chi connectivity index (χ0) is 20.4. The van der Waals surface area contributed by atoms with Crippen LogP contribution in [0.1, 0.15) is 33.6 Å². The molecule has 27 heavy (non-hydrogen) atoms. The second-order valence-electron chi connectivity index (χ2n) is 7.48. The number of benzene rings is 1. The Bertz CT molecular complexity index is 814. The van der Waals surface area contributed by atoms with Gasteiger partial charge in [-0.3, -0.25) is 14.9 Å². The monoisotopic (exact) mass is 397 g/mol. The van der Waals surface area contributed by atoms with Gasteiger partial charge in [-0.1, -0.05) is 13.8 Å². The van der Waals surface area contributed by atoms with Gasteiger partial charge in [0.25, 0.3) is 5.69 Å². The summed E-state index contributed by atoms with van der Waals surface area (Å²) in [5, 5.41) is 14.0. The molecular weight excluding hydrogens is 370 g/mol. The quantitative estimate of drug-likeness (QED) is 0.583. The SMILES string of the molecule is CC(C)C(C)NC(=O)C1CCN(c2ccc([N+](=O)[O-])cc2S(C)(=O)=O)CC1. The van der Waals surface area contributed by atoms with Crippen molar-refractivity contribution in [1.82, 2.24) is 5.32 Å². The molecule has 8 nitrogen and oxygen atoms in total. The second-order valence-corrected chi connectivity index (χ2v) is 9.47. The number of nitro groups is 1. The van der Waals surface area contributed by atoms with E-state index in [1.54, 1.807) is 0 Å². The number of hydrogen-bond acceptors (Lipinski definition) is 6. The number of amides is 1. The number of nitro benzene ring substituents is 1. The van der Waals surface area contributed by atoms with Crippen molar-refractivity contribution in [3.05, 3.63) is 28.3 Å². The maximum Gasteiger partial charge on any atom is 0.270 e. The van der Waals surface area contributed by atoms with Gasteiger partial charge in [-0.15, -0.1) is 0 Å². The van der Waals surface area contributed by atoms with E-state index in [1.165, 1.54) is 12.1 Å². The number of rotatable bonds is 6. The number of non-ortho nitro benzene ring substituents is 1. The standard InChI is InChI=1S/C18H27N3O5S/c1-12(2)13(3)19-18(22)14-7-9-20(10-8-14)16-6-5-15(21(23)24)11-17(16)27(4,25)26/h5-6,11-14H,7-10H2,1-4H3,(H,19,22). The molecule has 0 aliphatic carbocycles. The van der Waals surface area contributed by atoms with E-state index in [0.717, 1.165) is 12.3 Å². The van der Waals surface area contributed by atoms with Crippen LogP contribution in [0.4, 0.5) is 11.4 Å². The number of nitrogens with one attached hydrogen (secondary N) is 1. The van der Waals surface area contributed by atoms with E-state index >= 15 is 0 Å². The Labute approximate surface area is 160 Å². The molecular formula is C18H27N3O5S. The minimum atomic E-state index is -3.62. The molecule has 150 valence electrons. The summed E-state index contributed by atoms with van der Waals surface area (Å²) in [5.41, 5.74) is 0.202. The molecule has 1 aliphatic heterocycles. The van der Waals surface area contributed by atoms with Crippen LogP contribution in [-0.2, 0) is 14.6 Å². The Morgan fingerprint density at radius 2 is 1.85 bits per heavy atom. The minimum Gasteiger partial charge on any atom is -0.370 e. The largest absolute Gasteiger partial charge is 0.370 e. The van der Waals surface area contributed by atoms with Crippen LogP contribution in [0, 0.1) is 22.0 Å². The fraction of sp³-hybridized carbons (Fsp3) is 0.611. The average molecular weight is 397 g/mol. The van der Waals surface area contributed by atoms with Crippen molar-refractivity contribution in [3.63, 3.8) is 0 Å². The minimum absolute atomic E-state index is 0.0305. The van der Waals surface area contributed by atoms with Gasteiger partial charge in [0.1, 0.15) is 0 Å². The Balaban J connectivity index is 2.14. The third-order valence-electron chi connectivity index (χ3n) is 5.13. The predicted octanol–water partition coefficient (Wildman–Crippen LogP) is 2.38. The van der Waals surface area contributed by atoms with E-state index in [4.69, 9.17) is 0 Å². The molecule has 0 spiro atoms. The molecule has 1 aromatic carbocycles. The van der Waals surface area contributed by atoms with Crippen LogP contribution in [0.2, 0.25) is 0 Å². The summed E-state index contributed by atoms with van der Waals surface area (Å²) in [6, 6.07) is 4.00. The van der Waals surface area contributed by atoms with Crippen molar-refractivity contribution >= 4 is 27.1 Å². The fourth-order valence-electron chi connectivity index (χ4n) is 3.07. The first-order valence-corrected chi connectivity index (χ1v) is 10.9. The Morgan fingerprint density at radius 1 is 1.26 bits per heavy atom. The first kappa shape index (κ1) is 21.1. The van der Waals surface area contributed by atoms with E-state index in [1.807, 2.05) is 11.8 Å². The molecule has 1 amide bonds. The van der Waals surface area contributed by atoms with Gasteiger partial charge in [0, 0.05) is 43.4 Å². The van der Waals surface area contributed by atoms with Gasteiger partial charge in [0.15, 0.2) is 9.84 Å². The first-order valence-electron chi connectivity index (χ1n) is 9.04. The van der Waals surface area contributed by atoms with E-state index < -0.39 is 14.8 Å². The highest BCUT2D eigenvalue weighted by Gasteiger charge is 2.29. The lowest BCUT2D eigenvalue weighted by Gasteiger charge is -2.34. The number of hydrogen-bond donors (Lipinski definition) is 1. The number of piperidine rings is 1. The summed E-state index contributed by atoms with van der Waals surface area (Å²) in [7, 11) is -3.62. The molecule has 0 saturated carbocycles. The molecule has 2 rings (SSSR count). The van der Waals surface area contributed by atoms with Crippen LogP contribution in [0.5, 0.6) is 0 Å². The second kappa shape index (κ2) is 8.24. The van der Waals surface area contributed by atoms with Gasteiger partial charge in [-0.2, -0.15) is 0 Å². The predicted molar refractivity (Wildman–Crippen MR) is 104 cm³/mol. The van der Waals surface area contributed by atoms with Gasteiger partial charge in [0.05, 0.1) is 15.5 Å². The van der Waals surface area contributed by atoms with Crippen LogP contribution < -0.4 is 10.2 Å². The molecule has 1 atom stereocenters. The maximum atomic E-state index is 12.4. The number of sulfone groups is 1. The topological polar surface area (TPSA) is 110 Å². The van der Waals surface area contributed by atoms with E-state index in [-0.39, 0.29) is 28.4 Å². The van der Waals surface area contributed by atoms with Gasteiger partial charge < -0.3 is 10.2 Å². The fourth-order valence-corrected chi connectivity index (χ4v) is 3.98. The highest BCUT2D eigenvalue weighted by Crippen LogP contribution is 2.32. The third kappa shape index (κ3) is 5.18. The summed E-state index contributed by atoms with van der Waals surface area (Å²) in [5.74, 6) is 0.275. The summed E-state index contributed by atoms with van der Waals surface area (Å²) >= 11 is 0. The highest BCUT2D eigenvalue weighted by molar-refractivity contribution is 7.90. The summed E-state index contributed by atoms with van der Waals surface area (Å²) in [6.07, 6.45) is 2.26. The Kier molecular flexibility index (Phi) is 6.46. The molecule has 0 bridgehead atoms. The van der Waals surface area contributed by atoms with E-state index in [9.17, 15) is 23.3 Å². The van der Waals surface area contributed by atoms with Crippen LogP contribution in [0.3, 0.4) is 0 Å². The van der Waals surface area contributed by atoms with Gasteiger partial charge in [-0.25, -0.2) is 8.42 Å². The molecule has 1 heterocycles. The maximum absolute atomic E-state index is 12.4. The smallest absolute Gasteiger partial charge is 0.270 e. The molecule has 0 radical (unpaired) electrons. The summed E-state index contributed by atoms with van der Waals surface area (Å²) in [6.45, 7) is 7.12. The molecule has 1 aromatic rings. The van der Waals surface area contributed by atoms with Crippen molar-refractivity contribution in [2.24, 2.45) is 11.8 Å². The normalized spacial score (nSPS) is 17.0. The molecule has 1 fully saturated rings. The van der Waals surface area contributed by atoms with Gasteiger partial charge >= 0.3 is 0 Å². The molecule has 9 heteroatoms. The average Bonchev–Trinajstić information content (AvgIpc) is 2.60. The lowest BCUT2D eigenvalue weighted by Crippen LogP contribution is -2.44. The highest BCUT2D eigenvalue weighted by atomic mass is 32.2. The van der Waals surface area contributed by atoms with Gasteiger partial charge in [0.2, 0.25) is 5.91 Å². The van der Waals surface area contributed by atoms with Crippen LogP contribution in [0.25, 0.3) is 0 Å². The molecule has 1 unspecified atom stereocenters. The number of nitrogens with zero attached hydrogens (tertiary/aromatic N) is 2. The zero-order valence-corrected chi connectivity index (χ0v) is 17.0. The summed E-state index contributed by atoms with van der Waals surface area (Å²) in [4.78, 5) is 24.6. The van der Waals surface area contributed by atoms with E-state index in [2.05, 4.69) is 19.2 Å². The molecule has 1 aliphatic rings. The van der Waals surface area contributed by atoms with Crippen molar-refractivity contribution in [3.8, 4) is 0 Å². The molecule has 0 aromatic heterocycles. The van der Waals surface area contributed by atoms with Gasteiger partial charge in [-0.05, 0) is 31.7 Å². The zero-order valence-electron chi connectivity index (χ0n) is 16.1. The van der Waals surface area contributed by atoms with Crippen molar-refractivity contribution in [2.45, 2.75) is 44.6 Å². The van der Waals surface area contributed by atoms with Crippen molar-refractivity contribution in [1.29, 1.82) is 0 Å². The van der Waals surface area contributed by atoms with Crippen LogP contribution in [0.15, 0.2) is 23.1 Å². The van der Waals surface area contributed by atoms with Crippen molar-refractivity contribution < 1.29 is 18.1 Å². The number of carbonyl (C=O) groups excluding carboxylic acids is 1. The molecule has 1 saturated heterocycles. The molecule has 1 N–H and O–H groups in total. The number of carbonyl (C=O) groups is 1. The number of anilines is 1. The Hall–Kier alpha value is -2.16. The van der Waals surface area contributed by atoms with Crippen LogP contribution in [-0.4, -0.2) is 44.6 Å². The lowest BCUT2D eigenvalue weighted by molar-refractivity contribution is -0.385. The third-order valence-corrected chi connectivity index (χ3v) is 6.26. The van der Waals surface area contributed by atoms with E-state index in [0.29, 0.717) is 37.5 Å². The lowest BCUT2D eigenvalue weighted by atomic mass is 9.94. The van der Waals surface area contributed by atoms with Crippen molar-refractivity contribution in [2.75, 3.05) is 24.2 Å². The Morgan fingerprint density at radius 3 is 2.33 bits per heavy atom. The van der Waals surface area contributed by atoms with Crippen LogP contribution >= 0.6 is 0 Å². The summed E-state index contributed by atoms with van der Waals surface area (Å²) < 4.78 is 24.2.